The Morgan fingerprint density at radius 2 is 1.96 bits per heavy atom. The number of nitrogens with one attached hydrogen (secondary N) is 1. The van der Waals surface area contributed by atoms with Crippen molar-refractivity contribution < 1.29 is 21.9 Å². The van der Waals surface area contributed by atoms with Gasteiger partial charge in [-0.1, -0.05) is 0 Å². The summed E-state index contributed by atoms with van der Waals surface area (Å²) in [5.74, 6) is -1.66. The molecule has 1 saturated heterocycles. The zero-order chi connectivity index (χ0) is 17.2. The van der Waals surface area contributed by atoms with Crippen LogP contribution in [0.5, 0.6) is 0 Å². The highest BCUT2D eigenvalue weighted by Crippen LogP contribution is 2.26. The molecular formula is C15H19FN2O4S. The Balaban J connectivity index is 2.08. The van der Waals surface area contributed by atoms with Gasteiger partial charge in [0.15, 0.2) is 0 Å². The number of benzene rings is 1. The summed E-state index contributed by atoms with van der Waals surface area (Å²) >= 11 is 0. The minimum atomic E-state index is -4.60. The van der Waals surface area contributed by atoms with Crippen LogP contribution in [0.4, 0.5) is 9.57 Å². The largest absolute Gasteiger partial charge is 0.350 e. The van der Waals surface area contributed by atoms with E-state index in [4.69, 9.17) is 0 Å². The van der Waals surface area contributed by atoms with Gasteiger partial charge in [0.05, 0.1) is 5.75 Å². The topological polar surface area (TPSA) is 83.6 Å². The van der Waals surface area contributed by atoms with Gasteiger partial charge in [-0.2, -0.15) is 8.42 Å². The summed E-state index contributed by atoms with van der Waals surface area (Å²) in [5.41, 5.74) is 1.03. The highest BCUT2D eigenvalue weighted by Gasteiger charge is 2.33. The van der Waals surface area contributed by atoms with E-state index >= 15 is 0 Å². The van der Waals surface area contributed by atoms with E-state index in [1.54, 1.807) is 24.3 Å². The van der Waals surface area contributed by atoms with Crippen molar-refractivity contribution in [2.45, 2.75) is 26.3 Å². The first-order valence-electron chi connectivity index (χ1n) is 7.29. The molecule has 6 nitrogen and oxygen atoms in total. The fourth-order valence-electron chi connectivity index (χ4n) is 2.56. The minimum Gasteiger partial charge on any atom is -0.350 e. The van der Waals surface area contributed by atoms with Crippen LogP contribution in [0.2, 0.25) is 0 Å². The summed E-state index contributed by atoms with van der Waals surface area (Å²) in [5, 5.41) is 2.76. The van der Waals surface area contributed by atoms with Gasteiger partial charge in [0.25, 0.3) is 5.91 Å². The molecule has 1 heterocycles. The summed E-state index contributed by atoms with van der Waals surface area (Å²) in [6.45, 7) is 3.86. The number of amides is 2. The smallest absolute Gasteiger partial charge is 0.302 e. The second-order valence-electron chi connectivity index (χ2n) is 5.96. The van der Waals surface area contributed by atoms with Crippen molar-refractivity contribution in [1.29, 1.82) is 0 Å². The highest BCUT2D eigenvalue weighted by atomic mass is 32.3. The second-order valence-corrected chi connectivity index (χ2v) is 7.37. The molecular weight excluding hydrogens is 323 g/mol. The van der Waals surface area contributed by atoms with E-state index in [0.29, 0.717) is 11.3 Å². The third kappa shape index (κ3) is 4.75. The number of halogens is 1. The molecule has 1 aromatic rings. The number of nitrogens with zero attached hydrogens (tertiary/aromatic N) is 1. The fourth-order valence-corrected chi connectivity index (χ4v) is 3.35. The molecule has 1 aliphatic rings. The van der Waals surface area contributed by atoms with E-state index < -0.39 is 21.9 Å². The molecule has 1 unspecified atom stereocenters. The molecule has 1 aliphatic heterocycles. The predicted octanol–water partition coefficient (Wildman–Crippen LogP) is 1.48. The number of rotatable bonds is 5. The van der Waals surface area contributed by atoms with Gasteiger partial charge in [0.1, 0.15) is 0 Å². The van der Waals surface area contributed by atoms with Gasteiger partial charge in [-0.3, -0.25) is 9.59 Å². The Hall–Kier alpha value is -1.96. The third-order valence-corrected chi connectivity index (χ3v) is 4.37. The Labute approximate surface area is 134 Å². The van der Waals surface area contributed by atoms with Gasteiger partial charge in [0.2, 0.25) is 5.91 Å². The van der Waals surface area contributed by atoms with Gasteiger partial charge in [0, 0.05) is 36.2 Å². The lowest BCUT2D eigenvalue weighted by atomic mass is 10.1. The Morgan fingerprint density at radius 1 is 1.35 bits per heavy atom. The summed E-state index contributed by atoms with van der Waals surface area (Å²) in [6, 6.07) is 6.46. The lowest BCUT2D eigenvalue weighted by Crippen LogP contribution is -2.30. The molecule has 0 saturated carbocycles. The second kappa shape index (κ2) is 6.66. The van der Waals surface area contributed by atoms with E-state index in [-0.39, 0.29) is 30.8 Å². The van der Waals surface area contributed by atoms with Crippen LogP contribution < -0.4 is 10.2 Å². The summed E-state index contributed by atoms with van der Waals surface area (Å²) < 4.78 is 34.1. The molecule has 0 radical (unpaired) electrons. The molecule has 0 bridgehead atoms. The van der Waals surface area contributed by atoms with Crippen LogP contribution >= 0.6 is 0 Å². The van der Waals surface area contributed by atoms with Gasteiger partial charge < -0.3 is 10.2 Å². The van der Waals surface area contributed by atoms with Crippen molar-refractivity contribution >= 4 is 27.7 Å². The average molecular weight is 342 g/mol. The van der Waals surface area contributed by atoms with Gasteiger partial charge >= 0.3 is 10.2 Å². The Kier molecular flexibility index (Phi) is 5.03. The minimum absolute atomic E-state index is 0.00125. The lowest BCUT2D eigenvalue weighted by Gasteiger charge is -2.17. The van der Waals surface area contributed by atoms with Gasteiger partial charge in [-0.25, -0.2) is 0 Å². The fraction of sp³-hybridized carbons (Fsp3) is 0.467. The molecule has 0 aliphatic carbocycles. The molecule has 1 atom stereocenters. The van der Waals surface area contributed by atoms with Crippen LogP contribution in [0, 0.1) is 5.92 Å². The predicted molar refractivity (Wildman–Crippen MR) is 84.4 cm³/mol. The van der Waals surface area contributed by atoms with E-state index in [1.165, 1.54) is 4.90 Å². The quantitative estimate of drug-likeness (QED) is 0.822. The van der Waals surface area contributed by atoms with Crippen LogP contribution in [0.1, 0.15) is 30.6 Å². The standard InChI is InChI=1S/C15H19FN2O4S/c1-10(2)17-15(20)12-3-5-13(6-4-12)18-8-11(7-14(18)19)9-23(16,21)22/h3-6,10-11H,7-9H2,1-2H3,(H,17,20). The number of hydrogen-bond acceptors (Lipinski definition) is 4. The van der Waals surface area contributed by atoms with Gasteiger partial charge in [-0.05, 0) is 38.1 Å². The molecule has 1 fully saturated rings. The third-order valence-electron chi connectivity index (χ3n) is 3.50. The van der Waals surface area contributed by atoms with Gasteiger partial charge in [-0.15, -0.1) is 3.89 Å². The van der Waals surface area contributed by atoms with Crippen LogP contribution in [-0.4, -0.2) is 38.6 Å². The van der Waals surface area contributed by atoms with Crippen molar-refractivity contribution in [2.24, 2.45) is 5.92 Å². The van der Waals surface area contributed by atoms with Crippen LogP contribution in [0.15, 0.2) is 24.3 Å². The molecule has 0 aromatic heterocycles. The number of anilines is 1. The van der Waals surface area contributed by atoms with E-state index in [2.05, 4.69) is 5.32 Å². The van der Waals surface area contributed by atoms with Crippen molar-refractivity contribution in [1.82, 2.24) is 5.32 Å². The maximum Gasteiger partial charge on any atom is 0.302 e. The van der Waals surface area contributed by atoms with Crippen LogP contribution in [-0.2, 0) is 15.0 Å². The first kappa shape index (κ1) is 17.4. The Bertz CT molecular complexity index is 701. The Morgan fingerprint density at radius 3 is 2.48 bits per heavy atom. The molecule has 8 heteroatoms. The van der Waals surface area contributed by atoms with E-state index in [9.17, 15) is 21.9 Å². The first-order chi connectivity index (χ1) is 10.7. The highest BCUT2D eigenvalue weighted by molar-refractivity contribution is 7.86. The maximum absolute atomic E-state index is 12.7. The summed E-state index contributed by atoms with van der Waals surface area (Å²) in [7, 11) is -4.60. The average Bonchev–Trinajstić information content (AvgIpc) is 2.76. The maximum atomic E-state index is 12.7. The SMILES string of the molecule is CC(C)NC(=O)c1ccc(N2CC(CS(=O)(=O)F)CC2=O)cc1. The molecule has 1 N–H and O–H groups in total. The van der Waals surface area contributed by atoms with Crippen molar-refractivity contribution in [2.75, 3.05) is 17.2 Å². The number of hydrogen-bond donors (Lipinski definition) is 1. The van der Waals surface area contributed by atoms with Crippen molar-refractivity contribution in [3.63, 3.8) is 0 Å². The van der Waals surface area contributed by atoms with Crippen molar-refractivity contribution in [3.8, 4) is 0 Å². The van der Waals surface area contributed by atoms with Crippen LogP contribution in [0.3, 0.4) is 0 Å². The normalized spacial score (nSPS) is 18.5. The molecule has 2 amide bonds. The molecule has 1 aromatic carbocycles. The number of carbonyl (C=O) groups excluding carboxylic acids is 2. The van der Waals surface area contributed by atoms with Crippen LogP contribution in [0.25, 0.3) is 0 Å². The summed E-state index contributed by atoms with van der Waals surface area (Å²) in [6.07, 6.45) is -0.00125. The molecule has 23 heavy (non-hydrogen) atoms. The lowest BCUT2D eigenvalue weighted by molar-refractivity contribution is -0.117. The zero-order valence-electron chi connectivity index (χ0n) is 13.0. The van der Waals surface area contributed by atoms with Crippen molar-refractivity contribution in [3.05, 3.63) is 29.8 Å². The monoisotopic (exact) mass is 342 g/mol. The number of carbonyl (C=O) groups is 2. The molecule has 0 spiro atoms. The zero-order valence-corrected chi connectivity index (χ0v) is 13.8. The first-order valence-corrected chi connectivity index (χ1v) is 8.84. The molecule has 2 rings (SSSR count). The molecule has 126 valence electrons. The summed E-state index contributed by atoms with van der Waals surface area (Å²) in [4.78, 5) is 25.2. The van der Waals surface area contributed by atoms with E-state index in [0.717, 1.165) is 0 Å². The van der Waals surface area contributed by atoms with E-state index in [1.807, 2.05) is 13.8 Å².